The molecule has 0 spiro atoms. The lowest BCUT2D eigenvalue weighted by Crippen LogP contribution is -2.44. The van der Waals surface area contributed by atoms with E-state index in [2.05, 4.69) is 19.1 Å². The van der Waals surface area contributed by atoms with Crippen molar-refractivity contribution in [2.45, 2.75) is 38.3 Å². The van der Waals surface area contributed by atoms with E-state index in [1.54, 1.807) is 0 Å². The molecule has 0 radical (unpaired) electrons. The zero-order valence-electron chi connectivity index (χ0n) is 12.6. The summed E-state index contributed by atoms with van der Waals surface area (Å²) in [6.45, 7) is 4.07. The molecule has 1 aliphatic carbocycles. The molecule has 2 fully saturated rings. The minimum absolute atomic E-state index is 0.000948. The van der Waals surface area contributed by atoms with Crippen LogP contribution < -0.4 is 5.73 Å². The summed E-state index contributed by atoms with van der Waals surface area (Å²) in [4.78, 5) is 14.6. The van der Waals surface area contributed by atoms with Crippen molar-refractivity contribution >= 4 is 5.91 Å². The molecular formula is C17H24N2O2. The third-order valence-electron chi connectivity index (χ3n) is 4.74. The highest BCUT2D eigenvalue weighted by molar-refractivity contribution is 5.79. The predicted molar refractivity (Wildman–Crippen MR) is 81.8 cm³/mol. The third-order valence-corrected chi connectivity index (χ3v) is 4.74. The molecule has 1 aliphatic heterocycles. The monoisotopic (exact) mass is 288 g/mol. The Labute approximate surface area is 126 Å². The Morgan fingerprint density at radius 2 is 2.14 bits per heavy atom. The molecule has 1 aromatic carbocycles. The van der Waals surface area contributed by atoms with E-state index in [9.17, 15) is 4.79 Å². The number of nitrogens with zero attached hydrogens (tertiary/aromatic N) is 1. The average molecular weight is 288 g/mol. The van der Waals surface area contributed by atoms with Gasteiger partial charge in [0.05, 0.1) is 13.2 Å². The number of carbonyl (C=O) groups excluding carboxylic acids is 1. The first-order chi connectivity index (χ1) is 10.1. The van der Waals surface area contributed by atoms with Gasteiger partial charge in [0, 0.05) is 18.5 Å². The number of rotatable bonds is 2. The minimum Gasteiger partial charge on any atom is -0.370 e. The Hall–Kier alpha value is -1.39. The van der Waals surface area contributed by atoms with Crippen molar-refractivity contribution < 1.29 is 9.53 Å². The van der Waals surface area contributed by atoms with E-state index in [4.69, 9.17) is 10.5 Å². The maximum absolute atomic E-state index is 12.6. The van der Waals surface area contributed by atoms with Gasteiger partial charge in [-0.3, -0.25) is 4.79 Å². The van der Waals surface area contributed by atoms with Gasteiger partial charge in [-0.25, -0.2) is 0 Å². The molecule has 0 unspecified atom stereocenters. The zero-order chi connectivity index (χ0) is 14.8. The summed E-state index contributed by atoms with van der Waals surface area (Å²) in [5, 5.41) is 0. The topological polar surface area (TPSA) is 55.6 Å². The molecule has 114 valence electrons. The molecule has 1 saturated carbocycles. The molecule has 1 aromatic rings. The van der Waals surface area contributed by atoms with E-state index < -0.39 is 0 Å². The second kappa shape index (κ2) is 6.16. The first kappa shape index (κ1) is 14.5. The van der Waals surface area contributed by atoms with Crippen molar-refractivity contribution in [1.29, 1.82) is 0 Å². The summed E-state index contributed by atoms with van der Waals surface area (Å²) in [6.07, 6.45) is 2.75. The minimum atomic E-state index is -0.000948. The van der Waals surface area contributed by atoms with Crippen molar-refractivity contribution in [3.8, 4) is 0 Å². The lowest BCUT2D eigenvalue weighted by Gasteiger charge is -2.35. The quantitative estimate of drug-likeness (QED) is 0.906. The van der Waals surface area contributed by atoms with Crippen LogP contribution in [0.1, 0.15) is 36.5 Å². The summed E-state index contributed by atoms with van der Waals surface area (Å²) >= 11 is 0. The van der Waals surface area contributed by atoms with Crippen molar-refractivity contribution in [3.63, 3.8) is 0 Å². The highest BCUT2D eigenvalue weighted by atomic mass is 16.5. The summed E-state index contributed by atoms with van der Waals surface area (Å²) in [5.74, 6) is 0.389. The van der Waals surface area contributed by atoms with Crippen LogP contribution in [0.4, 0.5) is 0 Å². The molecule has 1 saturated heterocycles. The summed E-state index contributed by atoms with van der Waals surface area (Å²) < 4.78 is 5.89. The van der Waals surface area contributed by atoms with Crippen LogP contribution in [0.15, 0.2) is 24.3 Å². The highest BCUT2D eigenvalue weighted by Gasteiger charge is 2.34. The van der Waals surface area contributed by atoms with Gasteiger partial charge in [-0.05, 0) is 37.3 Å². The molecule has 1 heterocycles. The fourth-order valence-corrected chi connectivity index (χ4v) is 3.48. The van der Waals surface area contributed by atoms with Crippen molar-refractivity contribution in [2.24, 2.45) is 11.7 Å². The van der Waals surface area contributed by atoms with Gasteiger partial charge in [0.2, 0.25) is 5.91 Å². The molecule has 0 aromatic heterocycles. The fraction of sp³-hybridized carbons (Fsp3) is 0.588. The van der Waals surface area contributed by atoms with Crippen LogP contribution in [0, 0.1) is 12.8 Å². The van der Waals surface area contributed by atoms with E-state index in [1.165, 1.54) is 11.1 Å². The van der Waals surface area contributed by atoms with E-state index in [1.807, 2.05) is 17.0 Å². The van der Waals surface area contributed by atoms with Crippen molar-refractivity contribution in [1.82, 2.24) is 4.90 Å². The number of nitrogens with two attached hydrogens (primary N) is 1. The predicted octanol–water partition coefficient (Wildman–Crippen LogP) is 2.02. The molecule has 3 atom stereocenters. The Balaban J connectivity index is 1.68. The molecule has 4 nitrogen and oxygen atoms in total. The Kier molecular flexibility index (Phi) is 4.27. The molecule has 2 N–H and O–H groups in total. The van der Waals surface area contributed by atoms with Crippen LogP contribution in [0.3, 0.4) is 0 Å². The molecule has 4 heteroatoms. The fourth-order valence-electron chi connectivity index (χ4n) is 3.48. The highest BCUT2D eigenvalue weighted by Crippen LogP contribution is 2.29. The summed E-state index contributed by atoms with van der Waals surface area (Å²) in [5.41, 5.74) is 8.35. The maximum atomic E-state index is 12.6. The number of hydrogen-bond donors (Lipinski definition) is 1. The molecule has 1 amide bonds. The van der Waals surface area contributed by atoms with Crippen LogP contribution in [-0.2, 0) is 9.53 Å². The number of carbonyl (C=O) groups is 1. The number of morpholine rings is 1. The zero-order valence-corrected chi connectivity index (χ0v) is 12.6. The van der Waals surface area contributed by atoms with Crippen LogP contribution in [0.5, 0.6) is 0 Å². The molecular weight excluding hydrogens is 264 g/mol. The van der Waals surface area contributed by atoms with Gasteiger partial charge in [0.25, 0.3) is 0 Å². The van der Waals surface area contributed by atoms with Crippen LogP contribution in [0.2, 0.25) is 0 Å². The average Bonchev–Trinajstić information content (AvgIpc) is 2.94. The second-order valence-electron chi connectivity index (χ2n) is 6.27. The largest absolute Gasteiger partial charge is 0.370 e. The van der Waals surface area contributed by atoms with Crippen LogP contribution in [0.25, 0.3) is 0 Å². The molecule has 21 heavy (non-hydrogen) atoms. The van der Waals surface area contributed by atoms with Gasteiger partial charge >= 0.3 is 0 Å². The number of amides is 1. The molecule has 2 aliphatic rings. The Morgan fingerprint density at radius 3 is 2.86 bits per heavy atom. The smallest absolute Gasteiger partial charge is 0.225 e. The third kappa shape index (κ3) is 3.11. The lowest BCUT2D eigenvalue weighted by atomic mass is 10.0. The number of hydrogen-bond acceptors (Lipinski definition) is 3. The molecule has 0 bridgehead atoms. The van der Waals surface area contributed by atoms with Crippen LogP contribution in [-0.4, -0.2) is 36.5 Å². The van der Waals surface area contributed by atoms with Gasteiger partial charge < -0.3 is 15.4 Å². The van der Waals surface area contributed by atoms with Gasteiger partial charge in [-0.15, -0.1) is 0 Å². The number of ether oxygens (including phenoxy) is 1. The van der Waals surface area contributed by atoms with E-state index in [0.29, 0.717) is 19.7 Å². The van der Waals surface area contributed by atoms with E-state index in [0.717, 1.165) is 19.3 Å². The summed E-state index contributed by atoms with van der Waals surface area (Å²) in [7, 11) is 0. The van der Waals surface area contributed by atoms with Gasteiger partial charge in [-0.1, -0.05) is 24.3 Å². The van der Waals surface area contributed by atoms with Crippen LogP contribution >= 0.6 is 0 Å². The second-order valence-corrected chi connectivity index (χ2v) is 6.27. The van der Waals surface area contributed by atoms with Crippen molar-refractivity contribution in [2.75, 3.05) is 19.7 Å². The lowest BCUT2D eigenvalue weighted by molar-refractivity contribution is -0.143. The van der Waals surface area contributed by atoms with Gasteiger partial charge in [0.1, 0.15) is 6.10 Å². The number of benzene rings is 1. The first-order valence-corrected chi connectivity index (χ1v) is 7.86. The Bertz CT molecular complexity index is 517. The van der Waals surface area contributed by atoms with Crippen molar-refractivity contribution in [3.05, 3.63) is 35.4 Å². The van der Waals surface area contributed by atoms with E-state index >= 15 is 0 Å². The summed E-state index contributed by atoms with van der Waals surface area (Å²) in [6, 6.07) is 8.45. The van der Waals surface area contributed by atoms with E-state index in [-0.39, 0.29) is 24.0 Å². The first-order valence-electron chi connectivity index (χ1n) is 7.86. The molecule has 3 rings (SSSR count). The van der Waals surface area contributed by atoms with Gasteiger partial charge in [-0.2, -0.15) is 0 Å². The Morgan fingerprint density at radius 1 is 1.33 bits per heavy atom. The SMILES string of the molecule is Cc1ccccc1[C@@H]1CN(C(=O)[C@@H]2CC[C@H](N)C2)CCO1. The van der Waals surface area contributed by atoms with Gasteiger partial charge in [0.15, 0.2) is 0 Å². The maximum Gasteiger partial charge on any atom is 0.225 e. The standard InChI is InChI=1S/C17H24N2O2/c1-12-4-2-3-5-15(12)16-11-19(8-9-21-16)17(20)13-6-7-14(18)10-13/h2-5,13-14,16H,6-11,18H2,1H3/t13-,14+,16+/m1/s1. The number of aryl methyl sites for hydroxylation is 1. The normalized spacial score (nSPS) is 29.6.